The molecule has 1 aliphatic heterocycles. The van der Waals surface area contributed by atoms with E-state index in [1.807, 2.05) is 25.1 Å². The molecule has 0 radical (unpaired) electrons. The molecule has 2 aromatic rings. The molecule has 0 aromatic carbocycles. The first-order valence-corrected chi connectivity index (χ1v) is 6.78. The Morgan fingerprint density at radius 3 is 3.11 bits per heavy atom. The van der Waals surface area contributed by atoms with E-state index >= 15 is 0 Å². The lowest BCUT2D eigenvalue weighted by molar-refractivity contribution is 0.359. The molecule has 1 N–H and O–H groups in total. The Balaban J connectivity index is 1.72. The number of aromatic nitrogens is 3. The van der Waals surface area contributed by atoms with Crippen LogP contribution in [0.4, 0.5) is 0 Å². The maximum Gasteiger partial charge on any atom is 0.276 e. The third-order valence-corrected chi connectivity index (χ3v) is 3.45. The fourth-order valence-corrected chi connectivity index (χ4v) is 2.46. The highest BCUT2D eigenvalue weighted by Crippen LogP contribution is 2.18. The van der Waals surface area contributed by atoms with E-state index in [2.05, 4.69) is 20.4 Å². The summed E-state index contributed by atoms with van der Waals surface area (Å²) in [5.41, 5.74) is 1.70. The summed E-state index contributed by atoms with van der Waals surface area (Å²) < 4.78 is 5.30. The predicted octanol–water partition coefficient (Wildman–Crippen LogP) is 1.98. The second-order valence-electron chi connectivity index (χ2n) is 5.10. The first-order chi connectivity index (χ1) is 9.31. The Hall–Kier alpha value is -1.75. The van der Waals surface area contributed by atoms with E-state index in [4.69, 9.17) is 4.52 Å². The summed E-state index contributed by atoms with van der Waals surface area (Å²) in [4.78, 5) is 8.84. The minimum atomic E-state index is 0.516. The van der Waals surface area contributed by atoms with E-state index in [0.717, 1.165) is 36.7 Å². The molecule has 1 saturated heterocycles. The number of aryl methyl sites for hydroxylation is 1. The zero-order chi connectivity index (χ0) is 13.1. The molecule has 1 aliphatic rings. The van der Waals surface area contributed by atoms with Gasteiger partial charge in [-0.1, -0.05) is 11.2 Å². The summed E-state index contributed by atoms with van der Waals surface area (Å²) in [5, 5.41) is 7.46. The van der Waals surface area contributed by atoms with Crippen molar-refractivity contribution in [1.29, 1.82) is 0 Å². The van der Waals surface area contributed by atoms with Crippen LogP contribution in [0.5, 0.6) is 0 Å². The van der Waals surface area contributed by atoms with Crippen molar-refractivity contribution in [3.8, 4) is 11.6 Å². The van der Waals surface area contributed by atoms with Gasteiger partial charge in [-0.25, -0.2) is 4.98 Å². The number of rotatable bonds is 3. The maximum absolute atomic E-state index is 5.30. The summed E-state index contributed by atoms with van der Waals surface area (Å²) in [7, 11) is 0. The second kappa shape index (κ2) is 5.48. The topological polar surface area (TPSA) is 63.8 Å². The molecule has 0 aliphatic carbocycles. The molecule has 0 spiro atoms. The summed E-state index contributed by atoms with van der Waals surface area (Å²) in [5.74, 6) is 1.92. The van der Waals surface area contributed by atoms with E-state index in [1.54, 1.807) is 0 Å². The van der Waals surface area contributed by atoms with Gasteiger partial charge in [0.25, 0.3) is 5.89 Å². The lowest BCUT2D eigenvalue weighted by Crippen LogP contribution is -2.31. The van der Waals surface area contributed by atoms with Gasteiger partial charge in [0, 0.05) is 12.1 Å². The Morgan fingerprint density at radius 2 is 2.32 bits per heavy atom. The number of piperidine rings is 1. The molecule has 0 amide bonds. The van der Waals surface area contributed by atoms with E-state index in [9.17, 15) is 0 Å². The van der Waals surface area contributed by atoms with Gasteiger partial charge in [0.1, 0.15) is 5.69 Å². The SMILES string of the molecule is Cc1cccc(-c2nc(CC3CCCNC3)no2)n1. The number of hydrogen-bond acceptors (Lipinski definition) is 5. The van der Waals surface area contributed by atoms with E-state index in [-0.39, 0.29) is 0 Å². The van der Waals surface area contributed by atoms with Crippen LogP contribution in [0.2, 0.25) is 0 Å². The molecule has 2 aromatic heterocycles. The van der Waals surface area contributed by atoms with Gasteiger partial charge in [0.2, 0.25) is 0 Å². The summed E-state index contributed by atoms with van der Waals surface area (Å²) in [6, 6.07) is 5.80. The minimum Gasteiger partial charge on any atom is -0.332 e. The average Bonchev–Trinajstić information content (AvgIpc) is 2.88. The summed E-state index contributed by atoms with van der Waals surface area (Å²) >= 11 is 0. The smallest absolute Gasteiger partial charge is 0.276 e. The van der Waals surface area contributed by atoms with Crippen molar-refractivity contribution in [1.82, 2.24) is 20.4 Å². The molecule has 5 nitrogen and oxygen atoms in total. The van der Waals surface area contributed by atoms with Crippen molar-refractivity contribution < 1.29 is 4.52 Å². The monoisotopic (exact) mass is 258 g/mol. The van der Waals surface area contributed by atoms with Crippen LogP contribution in [0.1, 0.15) is 24.4 Å². The van der Waals surface area contributed by atoms with Crippen LogP contribution in [0.3, 0.4) is 0 Å². The van der Waals surface area contributed by atoms with Crippen molar-refractivity contribution in [2.24, 2.45) is 5.92 Å². The van der Waals surface area contributed by atoms with Crippen LogP contribution >= 0.6 is 0 Å². The van der Waals surface area contributed by atoms with E-state index < -0.39 is 0 Å². The molecule has 3 heterocycles. The fourth-order valence-electron chi connectivity index (χ4n) is 2.46. The van der Waals surface area contributed by atoms with Crippen LogP contribution in [0.25, 0.3) is 11.6 Å². The average molecular weight is 258 g/mol. The highest BCUT2D eigenvalue weighted by molar-refractivity contribution is 5.46. The van der Waals surface area contributed by atoms with Gasteiger partial charge in [-0.15, -0.1) is 0 Å². The van der Waals surface area contributed by atoms with E-state index in [0.29, 0.717) is 11.8 Å². The number of nitrogens with one attached hydrogen (secondary N) is 1. The molecular formula is C14H18N4O. The van der Waals surface area contributed by atoms with Gasteiger partial charge in [-0.05, 0) is 50.9 Å². The molecule has 19 heavy (non-hydrogen) atoms. The van der Waals surface area contributed by atoms with E-state index in [1.165, 1.54) is 12.8 Å². The first kappa shape index (κ1) is 12.3. The normalized spacial score (nSPS) is 19.5. The number of pyridine rings is 1. The molecule has 100 valence electrons. The molecule has 1 fully saturated rings. The highest BCUT2D eigenvalue weighted by Gasteiger charge is 2.17. The van der Waals surface area contributed by atoms with Crippen molar-refractivity contribution in [2.75, 3.05) is 13.1 Å². The van der Waals surface area contributed by atoms with Gasteiger partial charge < -0.3 is 9.84 Å². The number of hydrogen-bond donors (Lipinski definition) is 1. The molecule has 5 heteroatoms. The fraction of sp³-hybridized carbons (Fsp3) is 0.500. The third-order valence-electron chi connectivity index (χ3n) is 3.45. The quantitative estimate of drug-likeness (QED) is 0.912. The van der Waals surface area contributed by atoms with Crippen LogP contribution in [0.15, 0.2) is 22.7 Å². The Kier molecular flexibility index (Phi) is 3.55. The van der Waals surface area contributed by atoms with Crippen molar-refractivity contribution >= 4 is 0 Å². The van der Waals surface area contributed by atoms with Gasteiger partial charge in [0.05, 0.1) is 0 Å². The molecule has 0 bridgehead atoms. The summed E-state index contributed by atoms with van der Waals surface area (Å²) in [6.07, 6.45) is 3.34. The van der Waals surface area contributed by atoms with Gasteiger partial charge in [-0.2, -0.15) is 4.98 Å². The molecular weight excluding hydrogens is 240 g/mol. The zero-order valence-corrected chi connectivity index (χ0v) is 11.1. The second-order valence-corrected chi connectivity index (χ2v) is 5.10. The van der Waals surface area contributed by atoms with Crippen LogP contribution in [-0.4, -0.2) is 28.2 Å². The Labute approximate surface area is 112 Å². The molecule has 0 saturated carbocycles. The predicted molar refractivity (Wildman–Crippen MR) is 71.6 cm³/mol. The Bertz CT molecular complexity index is 546. The molecule has 1 atom stereocenters. The maximum atomic E-state index is 5.30. The lowest BCUT2D eigenvalue weighted by atomic mass is 9.96. The number of nitrogens with zero attached hydrogens (tertiary/aromatic N) is 3. The van der Waals surface area contributed by atoms with Crippen molar-refractivity contribution in [2.45, 2.75) is 26.2 Å². The lowest BCUT2D eigenvalue weighted by Gasteiger charge is -2.20. The van der Waals surface area contributed by atoms with Gasteiger partial charge in [-0.3, -0.25) is 0 Å². The Morgan fingerprint density at radius 1 is 1.37 bits per heavy atom. The summed E-state index contributed by atoms with van der Waals surface area (Å²) in [6.45, 7) is 4.13. The highest BCUT2D eigenvalue weighted by atomic mass is 16.5. The van der Waals surface area contributed by atoms with Gasteiger partial charge in [0.15, 0.2) is 5.82 Å². The molecule has 1 unspecified atom stereocenters. The van der Waals surface area contributed by atoms with Crippen molar-refractivity contribution in [3.63, 3.8) is 0 Å². The minimum absolute atomic E-state index is 0.516. The van der Waals surface area contributed by atoms with Crippen molar-refractivity contribution in [3.05, 3.63) is 29.7 Å². The zero-order valence-electron chi connectivity index (χ0n) is 11.1. The largest absolute Gasteiger partial charge is 0.332 e. The van der Waals surface area contributed by atoms with Gasteiger partial charge >= 0.3 is 0 Å². The standard InChI is InChI=1S/C14H18N4O/c1-10-4-2-6-12(16-10)14-17-13(18-19-14)8-11-5-3-7-15-9-11/h2,4,6,11,15H,3,5,7-9H2,1H3. The third kappa shape index (κ3) is 2.98. The first-order valence-electron chi connectivity index (χ1n) is 6.78. The van der Waals surface area contributed by atoms with Crippen LogP contribution < -0.4 is 5.32 Å². The van der Waals surface area contributed by atoms with Crippen LogP contribution in [0, 0.1) is 12.8 Å². The molecule has 3 rings (SSSR count). The van der Waals surface area contributed by atoms with Crippen LogP contribution in [-0.2, 0) is 6.42 Å².